The van der Waals surface area contributed by atoms with E-state index in [4.69, 9.17) is 0 Å². The fourth-order valence-corrected chi connectivity index (χ4v) is 3.87. The van der Waals surface area contributed by atoms with Crippen LogP contribution < -0.4 is 4.72 Å². The maximum atomic E-state index is 12.1. The summed E-state index contributed by atoms with van der Waals surface area (Å²) in [5, 5.41) is 9.70. The standard InChI is InChI=1S/C12H11N3O2S2/c1-8-10-5-4-9(7-11(10)14-13-8)15-19(16,17)12-3-2-6-18-12/h2-7,15H,1H3,(H,13,14). The Bertz CT molecular complexity index is 820. The Balaban J connectivity index is 1.98. The molecule has 0 saturated carbocycles. The predicted octanol–water partition coefficient (Wildman–Crippen LogP) is 2.73. The number of aromatic nitrogens is 2. The molecule has 2 heterocycles. The second-order valence-electron chi connectivity index (χ2n) is 4.12. The van der Waals surface area contributed by atoms with Crippen LogP contribution >= 0.6 is 11.3 Å². The molecule has 0 atom stereocenters. The van der Waals surface area contributed by atoms with Crippen molar-refractivity contribution in [1.82, 2.24) is 10.2 Å². The molecule has 0 amide bonds. The summed E-state index contributed by atoms with van der Waals surface area (Å²) in [4.78, 5) is 0. The predicted molar refractivity (Wildman–Crippen MR) is 76.0 cm³/mol. The van der Waals surface area contributed by atoms with E-state index in [9.17, 15) is 8.42 Å². The van der Waals surface area contributed by atoms with Gasteiger partial charge in [-0.2, -0.15) is 5.10 Å². The number of benzene rings is 1. The Morgan fingerprint density at radius 2 is 2.16 bits per heavy atom. The zero-order valence-corrected chi connectivity index (χ0v) is 11.7. The van der Waals surface area contributed by atoms with E-state index >= 15 is 0 Å². The molecule has 0 fully saturated rings. The molecule has 2 aromatic heterocycles. The number of sulfonamides is 1. The minimum atomic E-state index is -3.50. The van der Waals surface area contributed by atoms with Crippen molar-refractivity contribution in [3.8, 4) is 0 Å². The highest BCUT2D eigenvalue weighted by Crippen LogP contribution is 2.23. The van der Waals surface area contributed by atoms with Gasteiger partial charge in [-0.3, -0.25) is 9.82 Å². The molecule has 7 heteroatoms. The van der Waals surface area contributed by atoms with Crippen LogP contribution in [-0.2, 0) is 10.0 Å². The summed E-state index contributed by atoms with van der Waals surface area (Å²) in [7, 11) is -3.50. The van der Waals surface area contributed by atoms with Crippen LogP contribution in [0.3, 0.4) is 0 Å². The van der Waals surface area contributed by atoms with Gasteiger partial charge in [0.2, 0.25) is 0 Å². The minimum absolute atomic E-state index is 0.297. The van der Waals surface area contributed by atoms with E-state index in [1.807, 2.05) is 13.0 Å². The summed E-state index contributed by atoms with van der Waals surface area (Å²) in [6, 6.07) is 8.57. The molecule has 0 aliphatic heterocycles. The molecule has 2 N–H and O–H groups in total. The lowest BCUT2D eigenvalue weighted by atomic mass is 10.2. The van der Waals surface area contributed by atoms with E-state index in [1.165, 1.54) is 11.3 Å². The Morgan fingerprint density at radius 3 is 2.89 bits per heavy atom. The first kappa shape index (κ1) is 12.2. The number of thiophene rings is 1. The zero-order valence-electron chi connectivity index (χ0n) is 10.0. The van der Waals surface area contributed by atoms with Crippen LogP contribution in [0.5, 0.6) is 0 Å². The minimum Gasteiger partial charge on any atom is -0.282 e. The summed E-state index contributed by atoms with van der Waals surface area (Å²) in [6.07, 6.45) is 0. The Hall–Kier alpha value is -1.86. The first-order valence-electron chi connectivity index (χ1n) is 5.57. The number of H-pyrrole nitrogens is 1. The highest BCUT2D eigenvalue weighted by atomic mass is 32.2. The normalized spacial score (nSPS) is 11.8. The fourth-order valence-electron chi connectivity index (χ4n) is 1.83. The van der Waals surface area contributed by atoms with Gasteiger partial charge in [-0.15, -0.1) is 11.3 Å². The molecule has 0 unspecified atom stereocenters. The summed E-state index contributed by atoms with van der Waals surface area (Å²) in [6.45, 7) is 1.92. The maximum Gasteiger partial charge on any atom is 0.271 e. The number of rotatable bonds is 3. The average molecular weight is 293 g/mol. The van der Waals surface area contributed by atoms with E-state index in [0.717, 1.165) is 16.6 Å². The second kappa shape index (κ2) is 4.36. The summed E-state index contributed by atoms with van der Waals surface area (Å²) < 4.78 is 27.0. The van der Waals surface area contributed by atoms with Crippen LogP contribution in [0.2, 0.25) is 0 Å². The molecular formula is C12H11N3O2S2. The van der Waals surface area contributed by atoms with Gasteiger partial charge < -0.3 is 0 Å². The van der Waals surface area contributed by atoms with Gasteiger partial charge in [0.15, 0.2) is 0 Å². The molecular weight excluding hydrogens is 282 g/mol. The summed E-state index contributed by atoms with van der Waals surface area (Å²) >= 11 is 1.18. The number of anilines is 1. The third-order valence-corrected chi connectivity index (χ3v) is 5.54. The molecule has 0 radical (unpaired) electrons. The lowest BCUT2D eigenvalue weighted by molar-refractivity contribution is 0.603. The van der Waals surface area contributed by atoms with Crippen LogP contribution in [0, 0.1) is 6.92 Å². The molecule has 3 aromatic rings. The van der Waals surface area contributed by atoms with Crippen molar-refractivity contribution in [3.63, 3.8) is 0 Å². The number of hydrogen-bond acceptors (Lipinski definition) is 4. The highest BCUT2D eigenvalue weighted by molar-refractivity contribution is 7.94. The number of nitrogens with zero attached hydrogens (tertiary/aromatic N) is 1. The molecule has 0 saturated heterocycles. The Labute approximate surface area is 114 Å². The lowest BCUT2D eigenvalue weighted by Gasteiger charge is -2.05. The molecule has 0 aliphatic carbocycles. The van der Waals surface area contributed by atoms with Crippen LogP contribution in [0.4, 0.5) is 5.69 Å². The number of hydrogen-bond donors (Lipinski definition) is 2. The van der Waals surface area contributed by atoms with Gasteiger partial charge in [0.25, 0.3) is 10.0 Å². The van der Waals surface area contributed by atoms with Crippen molar-refractivity contribution in [3.05, 3.63) is 41.4 Å². The van der Waals surface area contributed by atoms with Crippen LogP contribution in [0.1, 0.15) is 5.69 Å². The van der Waals surface area contributed by atoms with Crippen molar-refractivity contribution in [2.75, 3.05) is 4.72 Å². The number of aryl methyl sites for hydroxylation is 1. The van der Waals surface area contributed by atoms with E-state index < -0.39 is 10.0 Å². The Morgan fingerprint density at radius 1 is 1.32 bits per heavy atom. The van der Waals surface area contributed by atoms with Crippen molar-refractivity contribution >= 4 is 38.0 Å². The molecule has 3 rings (SSSR count). The van der Waals surface area contributed by atoms with E-state index in [2.05, 4.69) is 14.9 Å². The van der Waals surface area contributed by atoms with Gasteiger partial charge in [-0.1, -0.05) is 6.07 Å². The molecule has 5 nitrogen and oxygen atoms in total. The molecule has 19 heavy (non-hydrogen) atoms. The second-order valence-corrected chi connectivity index (χ2v) is 6.98. The maximum absolute atomic E-state index is 12.1. The van der Waals surface area contributed by atoms with E-state index in [0.29, 0.717) is 9.90 Å². The molecule has 98 valence electrons. The van der Waals surface area contributed by atoms with Gasteiger partial charge in [0.1, 0.15) is 4.21 Å². The van der Waals surface area contributed by atoms with Crippen molar-refractivity contribution in [1.29, 1.82) is 0 Å². The smallest absolute Gasteiger partial charge is 0.271 e. The van der Waals surface area contributed by atoms with Crippen LogP contribution in [-0.4, -0.2) is 18.6 Å². The lowest BCUT2D eigenvalue weighted by Crippen LogP contribution is -2.11. The Kier molecular flexibility index (Phi) is 2.79. The first-order valence-corrected chi connectivity index (χ1v) is 7.93. The molecule has 0 spiro atoms. The van der Waals surface area contributed by atoms with Crippen LogP contribution in [0.25, 0.3) is 10.9 Å². The first-order chi connectivity index (χ1) is 9.06. The summed E-state index contributed by atoms with van der Waals surface area (Å²) in [5.74, 6) is 0. The monoisotopic (exact) mass is 293 g/mol. The van der Waals surface area contributed by atoms with Gasteiger partial charge in [0.05, 0.1) is 11.2 Å². The molecule has 0 aliphatic rings. The third kappa shape index (κ3) is 2.22. The average Bonchev–Trinajstić information content (AvgIpc) is 2.99. The van der Waals surface area contributed by atoms with Gasteiger partial charge in [-0.25, -0.2) is 8.42 Å². The number of fused-ring (bicyclic) bond motifs is 1. The number of nitrogens with one attached hydrogen (secondary N) is 2. The highest BCUT2D eigenvalue weighted by Gasteiger charge is 2.15. The number of aromatic amines is 1. The van der Waals surface area contributed by atoms with Gasteiger partial charge in [-0.05, 0) is 36.6 Å². The van der Waals surface area contributed by atoms with E-state index in [1.54, 1.807) is 29.6 Å². The third-order valence-electron chi connectivity index (χ3n) is 2.76. The fraction of sp³-hybridized carbons (Fsp3) is 0.0833. The van der Waals surface area contributed by atoms with Gasteiger partial charge in [0, 0.05) is 11.1 Å². The van der Waals surface area contributed by atoms with Crippen molar-refractivity contribution in [2.45, 2.75) is 11.1 Å². The summed E-state index contributed by atoms with van der Waals surface area (Å²) in [5.41, 5.74) is 2.21. The van der Waals surface area contributed by atoms with E-state index in [-0.39, 0.29) is 0 Å². The molecule has 0 bridgehead atoms. The van der Waals surface area contributed by atoms with Crippen LogP contribution in [0.15, 0.2) is 39.9 Å². The van der Waals surface area contributed by atoms with Crippen molar-refractivity contribution < 1.29 is 8.42 Å². The molecule has 1 aromatic carbocycles. The SMILES string of the molecule is Cc1[nH]nc2cc(NS(=O)(=O)c3cccs3)ccc12. The van der Waals surface area contributed by atoms with Gasteiger partial charge >= 0.3 is 0 Å². The quantitative estimate of drug-likeness (QED) is 0.779. The largest absolute Gasteiger partial charge is 0.282 e. The topological polar surface area (TPSA) is 74.8 Å². The van der Waals surface area contributed by atoms with Crippen molar-refractivity contribution in [2.24, 2.45) is 0 Å². The zero-order chi connectivity index (χ0) is 13.5.